The van der Waals surface area contributed by atoms with Gasteiger partial charge in [0.15, 0.2) is 0 Å². The lowest BCUT2D eigenvalue weighted by Gasteiger charge is -2.33. The molecule has 0 aliphatic heterocycles. The maximum Gasteiger partial charge on any atom is 0.00907 e. The van der Waals surface area contributed by atoms with Crippen LogP contribution in [0.3, 0.4) is 0 Å². The fraction of sp³-hybridized carbons (Fsp3) is 0.789. The van der Waals surface area contributed by atoms with Gasteiger partial charge < -0.3 is 0 Å². The first-order valence-electron chi connectivity index (χ1n) is 8.29. The second-order valence-corrected chi connectivity index (χ2v) is 5.00. The van der Waals surface area contributed by atoms with Crippen LogP contribution in [0.5, 0.6) is 0 Å². The molecule has 0 saturated carbocycles. The summed E-state index contributed by atoms with van der Waals surface area (Å²) in [6.45, 7) is 25.4. The number of hydrogen-bond donors (Lipinski definition) is 0. The van der Waals surface area contributed by atoms with Gasteiger partial charge in [0.2, 0.25) is 0 Å². The molecule has 3 atom stereocenters. The van der Waals surface area contributed by atoms with E-state index in [9.17, 15) is 0 Å². The average molecular weight is 269 g/mol. The second-order valence-electron chi connectivity index (χ2n) is 5.00. The highest BCUT2D eigenvalue weighted by Crippen LogP contribution is 2.47. The first-order chi connectivity index (χ1) is 8.93. The molecule has 0 heteroatoms. The molecule has 116 valence electrons. The van der Waals surface area contributed by atoms with Gasteiger partial charge in [-0.1, -0.05) is 99.5 Å². The van der Waals surface area contributed by atoms with E-state index in [0.717, 1.165) is 11.8 Å². The topological polar surface area (TPSA) is 0 Å². The van der Waals surface area contributed by atoms with Crippen molar-refractivity contribution in [3.05, 3.63) is 24.3 Å². The molecule has 0 fully saturated rings. The summed E-state index contributed by atoms with van der Waals surface area (Å²) in [6, 6.07) is 0. The van der Waals surface area contributed by atoms with Crippen molar-refractivity contribution in [1.29, 1.82) is 0 Å². The zero-order valence-electron chi connectivity index (χ0n) is 15.4. The van der Waals surface area contributed by atoms with Crippen LogP contribution in [0.1, 0.15) is 82.1 Å². The molecule has 0 aromatic carbocycles. The van der Waals surface area contributed by atoms with Gasteiger partial charge in [-0.2, -0.15) is 0 Å². The zero-order chi connectivity index (χ0) is 16.1. The van der Waals surface area contributed by atoms with Crippen LogP contribution < -0.4 is 0 Å². The van der Waals surface area contributed by atoms with Gasteiger partial charge in [-0.05, 0) is 18.8 Å². The summed E-state index contributed by atoms with van der Waals surface area (Å²) >= 11 is 0. The summed E-state index contributed by atoms with van der Waals surface area (Å²) in [5.41, 5.74) is 1.56. The monoisotopic (exact) mass is 268 g/mol. The lowest BCUT2D eigenvalue weighted by atomic mass is 9.71. The smallest absolute Gasteiger partial charge is 0.00907 e. The number of rotatable bonds is 2. The molecular weight excluding hydrogens is 228 g/mol. The number of allylic oxidation sites excluding steroid dienone is 3. The standard InChI is InChI=1S/C12H20.C3H8.2C2H6/c1-6-11-10(4)7-8-12(11,5)9(2)3;1-3-2;2*1-2/h7-8,10-11H,2,6H2,1,3-5H3;3H2,1-2H3;2*1-2H3. The van der Waals surface area contributed by atoms with Crippen molar-refractivity contribution in [2.24, 2.45) is 17.3 Å². The van der Waals surface area contributed by atoms with Gasteiger partial charge in [0.05, 0.1) is 0 Å². The van der Waals surface area contributed by atoms with Crippen molar-refractivity contribution >= 4 is 0 Å². The summed E-state index contributed by atoms with van der Waals surface area (Å²) in [4.78, 5) is 0. The van der Waals surface area contributed by atoms with Crippen LogP contribution in [-0.4, -0.2) is 0 Å². The van der Waals surface area contributed by atoms with Crippen molar-refractivity contribution in [1.82, 2.24) is 0 Å². The van der Waals surface area contributed by atoms with E-state index in [4.69, 9.17) is 0 Å². The highest BCUT2D eigenvalue weighted by Gasteiger charge is 2.38. The Balaban J connectivity index is -0.000000313. The summed E-state index contributed by atoms with van der Waals surface area (Å²) in [7, 11) is 0. The fourth-order valence-electron chi connectivity index (χ4n) is 2.41. The Bertz CT molecular complexity index is 224. The van der Waals surface area contributed by atoms with Gasteiger partial charge in [0.25, 0.3) is 0 Å². The Hall–Kier alpha value is -0.520. The van der Waals surface area contributed by atoms with Crippen LogP contribution in [0.2, 0.25) is 0 Å². The first-order valence-corrected chi connectivity index (χ1v) is 8.29. The van der Waals surface area contributed by atoms with E-state index in [1.807, 2.05) is 27.7 Å². The van der Waals surface area contributed by atoms with Crippen molar-refractivity contribution < 1.29 is 0 Å². The minimum absolute atomic E-state index is 0.258. The SMILES string of the molecule is C=C(C)C1(C)C=CC(C)C1CC.CC.CC.CCC. The second kappa shape index (κ2) is 13.9. The molecule has 0 nitrogen and oxygen atoms in total. The van der Waals surface area contributed by atoms with Gasteiger partial charge in [-0.15, -0.1) is 0 Å². The molecule has 0 saturated heterocycles. The van der Waals surface area contributed by atoms with Crippen molar-refractivity contribution in [3.63, 3.8) is 0 Å². The lowest BCUT2D eigenvalue weighted by molar-refractivity contribution is 0.269. The van der Waals surface area contributed by atoms with Gasteiger partial charge in [0, 0.05) is 5.41 Å². The molecular formula is C19H40. The molecule has 0 N–H and O–H groups in total. The van der Waals surface area contributed by atoms with E-state index in [1.165, 1.54) is 18.4 Å². The molecule has 0 amide bonds. The largest absolute Gasteiger partial charge is 0.0993 e. The molecule has 1 aliphatic rings. The molecule has 0 bridgehead atoms. The third kappa shape index (κ3) is 7.60. The van der Waals surface area contributed by atoms with Crippen molar-refractivity contribution in [2.45, 2.75) is 82.1 Å². The Morgan fingerprint density at radius 2 is 1.47 bits per heavy atom. The Morgan fingerprint density at radius 1 is 1.11 bits per heavy atom. The summed E-state index contributed by atoms with van der Waals surface area (Å²) in [5.74, 6) is 1.48. The van der Waals surface area contributed by atoms with E-state index >= 15 is 0 Å². The molecule has 1 rings (SSSR count). The molecule has 3 unspecified atom stereocenters. The van der Waals surface area contributed by atoms with Crippen LogP contribution in [-0.2, 0) is 0 Å². The number of hydrogen-bond acceptors (Lipinski definition) is 0. The average Bonchev–Trinajstić information content (AvgIpc) is 2.72. The third-order valence-corrected chi connectivity index (χ3v) is 3.51. The highest BCUT2D eigenvalue weighted by atomic mass is 14.4. The predicted molar refractivity (Wildman–Crippen MR) is 93.7 cm³/mol. The van der Waals surface area contributed by atoms with Crippen LogP contribution in [0, 0.1) is 17.3 Å². The van der Waals surface area contributed by atoms with E-state index in [-0.39, 0.29) is 5.41 Å². The van der Waals surface area contributed by atoms with Gasteiger partial charge in [0.1, 0.15) is 0 Å². The minimum atomic E-state index is 0.258. The molecule has 1 aliphatic carbocycles. The van der Waals surface area contributed by atoms with Gasteiger partial charge >= 0.3 is 0 Å². The highest BCUT2D eigenvalue weighted by molar-refractivity contribution is 5.24. The summed E-state index contributed by atoms with van der Waals surface area (Å²) < 4.78 is 0. The predicted octanol–water partition coefficient (Wildman–Crippen LogP) is 7.27. The van der Waals surface area contributed by atoms with Crippen molar-refractivity contribution in [2.75, 3.05) is 0 Å². The van der Waals surface area contributed by atoms with Crippen LogP contribution >= 0.6 is 0 Å². The van der Waals surface area contributed by atoms with Gasteiger partial charge in [-0.3, -0.25) is 0 Å². The van der Waals surface area contributed by atoms with Gasteiger partial charge in [-0.25, -0.2) is 0 Å². The minimum Gasteiger partial charge on any atom is -0.0993 e. The van der Waals surface area contributed by atoms with E-state index in [2.05, 4.69) is 60.3 Å². The van der Waals surface area contributed by atoms with Crippen LogP contribution in [0.25, 0.3) is 0 Å². The first kappa shape index (κ1) is 23.6. The fourth-order valence-corrected chi connectivity index (χ4v) is 2.41. The summed E-state index contributed by atoms with van der Waals surface area (Å²) in [6.07, 6.45) is 7.18. The molecule has 19 heavy (non-hydrogen) atoms. The molecule has 0 heterocycles. The van der Waals surface area contributed by atoms with Crippen molar-refractivity contribution in [3.8, 4) is 0 Å². The van der Waals surface area contributed by atoms with Crippen LogP contribution in [0.4, 0.5) is 0 Å². The molecule has 0 aromatic rings. The maximum absolute atomic E-state index is 4.09. The lowest BCUT2D eigenvalue weighted by Crippen LogP contribution is -2.25. The van der Waals surface area contributed by atoms with E-state index in [1.54, 1.807) is 0 Å². The quantitative estimate of drug-likeness (QED) is 0.462. The maximum atomic E-state index is 4.09. The Kier molecular flexibility index (Phi) is 17.2. The third-order valence-electron chi connectivity index (χ3n) is 3.51. The summed E-state index contributed by atoms with van der Waals surface area (Å²) in [5, 5.41) is 0. The van der Waals surface area contributed by atoms with E-state index < -0.39 is 0 Å². The molecule has 0 radical (unpaired) electrons. The Morgan fingerprint density at radius 3 is 1.68 bits per heavy atom. The molecule has 0 aromatic heterocycles. The van der Waals surface area contributed by atoms with Crippen LogP contribution in [0.15, 0.2) is 24.3 Å². The zero-order valence-corrected chi connectivity index (χ0v) is 15.4. The van der Waals surface area contributed by atoms with E-state index in [0.29, 0.717) is 0 Å². The molecule has 0 spiro atoms. The normalized spacial score (nSPS) is 27.1. The Labute approximate surface area is 124 Å².